The second kappa shape index (κ2) is 8.30. The summed E-state index contributed by atoms with van der Waals surface area (Å²) in [6.45, 7) is 1.11. The van der Waals surface area contributed by atoms with Crippen LogP contribution in [0.1, 0.15) is 33.6 Å². The molecule has 1 heterocycles. The van der Waals surface area contributed by atoms with E-state index in [1.807, 2.05) is 0 Å². The summed E-state index contributed by atoms with van der Waals surface area (Å²) in [6.07, 6.45) is 1.33. The Bertz CT molecular complexity index is 833. The number of amides is 2. The third-order valence-corrected chi connectivity index (χ3v) is 5.29. The number of carbonyl (C=O) groups excluding carboxylic acids is 2. The second-order valence-corrected chi connectivity index (χ2v) is 7.39. The maximum Gasteiger partial charge on any atom is 0.255 e. The van der Waals surface area contributed by atoms with Gasteiger partial charge in [-0.1, -0.05) is 46.9 Å². The van der Waals surface area contributed by atoms with Gasteiger partial charge in [-0.15, -0.1) is 0 Å². The number of piperidine rings is 1. The minimum absolute atomic E-state index is 0.0205. The van der Waals surface area contributed by atoms with Gasteiger partial charge in [-0.05, 0) is 43.2 Å². The summed E-state index contributed by atoms with van der Waals surface area (Å²) in [5, 5.41) is 4.23. The molecule has 0 bridgehead atoms. The molecule has 2 aromatic carbocycles. The van der Waals surface area contributed by atoms with E-state index in [0.717, 1.165) is 0 Å². The van der Waals surface area contributed by atoms with Gasteiger partial charge in [-0.25, -0.2) is 0 Å². The first-order valence-corrected chi connectivity index (χ1v) is 9.39. The van der Waals surface area contributed by atoms with E-state index in [-0.39, 0.29) is 17.9 Å². The molecule has 26 heavy (non-hydrogen) atoms. The van der Waals surface area contributed by atoms with Crippen LogP contribution >= 0.6 is 34.8 Å². The fourth-order valence-corrected chi connectivity index (χ4v) is 3.56. The predicted octanol–water partition coefficient (Wildman–Crippen LogP) is 4.68. The van der Waals surface area contributed by atoms with Crippen LogP contribution in [0, 0.1) is 0 Å². The molecule has 0 atom stereocenters. The minimum atomic E-state index is -0.256. The van der Waals surface area contributed by atoms with Gasteiger partial charge in [-0.3, -0.25) is 9.59 Å². The van der Waals surface area contributed by atoms with Crippen molar-refractivity contribution >= 4 is 46.6 Å². The molecule has 1 N–H and O–H groups in total. The van der Waals surface area contributed by atoms with Gasteiger partial charge in [0.1, 0.15) is 0 Å². The van der Waals surface area contributed by atoms with Crippen LogP contribution in [0.3, 0.4) is 0 Å². The van der Waals surface area contributed by atoms with Crippen molar-refractivity contribution in [3.05, 3.63) is 68.7 Å². The molecule has 3 rings (SSSR count). The maximum atomic E-state index is 12.6. The molecule has 0 aromatic heterocycles. The number of hydrogen-bond donors (Lipinski definition) is 1. The van der Waals surface area contributed by atoms with Crippen LogP contribution in [0.2, 0.25) is 15.1 Å². The van der Waals surface area contributed by atoms with E-state index in [1.165, 1.54) is 0 Å². The first-order valence-electron chi connectivity index (χ1n) is 8.25. The normalized spacial score (nSPS) is 15.0. The topological polar surface area (TPSA) is 49.4 Å². The second-order valence-electron chi connectivity index (χ2n) is 6.14. The first kappa shape index (κ1) is 19.0. The van der Waals surface area contributed by atoms with Crippen LogP contribution in [-0.2, 0) is 0 Å². The molecule has 1 fully saturated rings. The summed E-state index contributed by atoms with van der Waals surface area (Å²) in [5.41, 5.74) is 0.858. The zero-order valence-electron chi connectivity index (χ0n) is 13.8. The summed E-state index contributed by atoms with van der Waals surface area (Å²) in [4.78, 5) is 26.8. The Morgan fingerprint density at radius 3 is 2.27 bits per heavy atom. The number of carbonyl (C=O) groups is 2. The number of hydrogen-bond acceptors (Lipinski definition) is 2. The zero-order valence-corrected chi connectivity index (χ0v) is 16.1. The molecule has 0 saturated carbocycles. The average Bonchev–Trinajstić information content (AvgIpc) is 2.64. The van der Waals surface area contributed by atoms with Gasteiger partial charge >= 0.3 is 0 Å². The lowest BCUT2D eigenvalue weighted by Crippen LogP contribution is -2.46. The van der Waals surface area contributed by atoms with E-state index in [1.54, 1.807) is 47.4 Å². The highest BCUT2D eigenvalue weighted by atomic mass is 35.5. The van der Waals surface area contributed by atoms with E-state index in [0.29, 0.717) is 52.1 Å². The average molecular weight is 412 g/mol. The lowest BCUT2D eigenvalue weighted by Gasteiger charge is -2.32. The molecule has 2 amide bonds. The van der Waals surface area contributed by atoms with Crippen molar-refractivity contribution in [3.8, 4) is 0 Å². The molecule has 1 aliphatic rings. The zero-order chi connectivity index (χ0) is 18.7. The molecule has 2 aromatic rings. The highest BCUT2D eigenvalue weighted by Crippen LogP contribution is 2.22. The van der Waals surface area contributed by atoms with Gasteiger partial charge in [0, 0.05) is 24.2 Å². The maximum absolute atomic E-state index is 12.6. The molecular formula is C19H17Cl3N2O2. The molecule has 0 spiro atoms. The van der Waals surface area contributed by atoms with Gasteiger partial charge in [0.15, 0.2) is 0 Å². The molecule has 1 aliphatic heterocycles. The summed E-state index contributed by atoms with van der Waals surface area (Å²) in [6, 6.07) is 11.8. The largest absolute Gasteiger partial charge is 0.349 e. The highest BCUT2D eigenvalue weighted by Gasteiger charge is 2.26. The monoisotopic (exact) mass is 410 g/mol. The van der Waals surface area contributed by atoms with Crippen LogP contribution in [0.5, 0.6) is 0 Å². The number of nitrogens with zero attached hydrogens (tertiary/aromatic N) is 1. The lowest BCUT2D eigenvalue weighted by atomic mass is 10.0. The van der Waals surface area contributed by atoms with Crippen molar-refractivity contribution in [1.29, 1.82) is 0 Å². The Hall–Kier alpha value is -1.75. The van der Waals surface area contributed by atoms with Crippen LogP contribution < -0.4 is 5.32 Å². The number of nitrogens with one attached hydrogen (secondary N) is 1. The molecule has 0 radical (unpaired) electrons. The van der Waals surface area contributed by atoms with E-state index in [2.05, 4.69) is 5.32 Å². The third kappa shape index (κ3) is 4.32. The van der Waals surface area contributed by atoms with E-state index in [4.69, 9.17) is 34.8 Å². The summed E-state index contributed by atoms with van der Waals surface area (Å²) in [7, 11) is 0. The van der Waals surface area contributed by atoms with Crippen LogP contribution in [0.4, 0.5) is 0 Å². The predicted molar refractivity (Wildman–Crippen MR) is 104 cm³/mol. The van der Waals surface area contributed by atoms with E-state index < -0.39 is 0 Å². The van der Waals surface area contributed by atoms with Gasteiger partial charge in [0.2, 0.25) is 0 Å². The Morgan fingerprint density at radius 2 is 1.58 bits per heavy atom. The van der Waals surface area contributed by atoms with Crippen molar-refractivity contribution in [3.63, 3.8) is 0 Å². The Morgan fingerprint density at radius 1 is 0.923 bits per heavy atom. The van der Waals surface area contributed by atoms with Crippen molar-refractivity contribution in [2.24, 2.45) is 0 Å². The van der Waals surface area contributed by atoms with Gasteiger partial charge in [0.05, 0.1) is 21.2 Å². The van der Waals surface area contributed by atoms with E-state index >= 15 is 0 Å². The molecule has 0 aliphatic carbocycles. The van der Waals surface area contributed by atoms with Gasteiger partial charge in [0.25, 0.3) is 11.8 Å². The van der Waals surface area contributed by atoms with Gasteiger partial charge < -0.3 is 10.2 Å². The van der Waals surface area contributed by atoms with Crippen molar-refractivity contribution in [2.75, 3.05) is 13.1 Å². The smallest absolute Gasteiger partial charge is 0.255 e. The van der Waals surface area contributed by atoms with Crippen molar-refractivity contribution in [1.82, 2.24) is 10.2 Å². The standard InChI is InChI=1S/C19H17Cl3N2O2/c20-12-5-6-17(22)15(11-12)18(25)23-13-7-9-24(10-8-13)19(26)14-3-1-2-4-16(14)21/h1-6,11,13H,7-10H2,(H,23,25). The van der Waals surface area contributed by atoms with Crippen LogP contribution in [0.15, 0.2) is 42.5 Å². The summed E-state index contributed by atoms with van der Waals surface area (Å²) >= 11 is 18.1. The number of likely N-dealkylation sites (tertiary alicyclic amines) is 1. The highest BCUT2D eigenvalue weighted by molar-refractivity contribution is 6.35. The number of halogens is 3. The van der Waals surface area contributed by atoms with Crippen molar-refractivity contribution in [2.45, 2.75) is 18.9 Å². The third-order valence-electron chi connectivity index (χ3n) is 4.39. The number of rotatable bonds is 3. The Kier molecular flexibility index (Phi) is 6.07. The number of benzene rings is 2. The molecular weight excluding hydrogens is 395 g/mol. The quantitative estimate of drug-likeness (QED) is 0.797. The van der Waals surface area contributed by atoms with Crippen LogP contribution in [0.25, 0.3) is 0 Å². The molecule has 4 nitrogen and oxygen atoms in total. The molecule has 0 unspecified atom stereocenters. The Labute approximate surface area is 167 Å². The summed E-state index contributed by atoms with van der Waals surface area (Å²) in [5.74, 6) is -0.341. The fourth-order valence-electron chi connectivity index (χ4n) is 2.97. The van der Waals surface area contributed by atoms with E-state index in [9.17, 15) is 9.59 Å². The SMILES string of the molecule is O=C(NC1CCN(C(=O)c2ccccc2Cl)CC1)c1cc(Cl)ccc1Cl. The molecule has 1 saturated heterocycles. The fraction of sp³-hybridized carbons (Fsp3) is 0.263. The van der Waals surface area contributed by atoms with Gasteiger partial charge in [-0.2, -0.15) is 0 Å². The molecule has 136 valence electrons. The lowest BCUT2D eigenvalue weighted by molar-refractivity contribution is 0.0698. The summed E-state index contributed by atoms with van der Waals surface area (Å²) < 4.78 is 0. The first-order chi connectivity index (χ1) is 12.5. The van der Waals surface area contributed by atoms with Crippen molar-refractivity contribution < 1.29 is 9.59 Å². The van der Waals surface area contributed by atoms with Crippen LogP contribution in [-0.4, -0.2) is 35.8 Å². The minimum Gasteiger partial charge on any atom is -0.349 e. The molecule has 7 heteroatoms. The Balaban J connectivity index is 1.59.